The summed E-state index contributed by atoms with van der Waals surface area (Å²) in [7, 11) is 0. The van der Waals surface area contributed by atoms with Crippen molar-refractivity contribution in [3.05, 3.63) is 28.5 Å². The molecule has 0 spiro atoms. The van der Waals surface area contributed by atoms with Gasteiger partial charge in [-0.1, -0.05) is 60.1 Å². The minimum Gasteiger partial charge on any atom is -0.348 e. The van der Waals surface area contributed by atoms with E-state index in [1.165, 1.54) is 0 Å². The van der Waals surface area contributed by atoms with Crippen LogP contribution in [0.3, 0.4) is 0 Å². The molecule has 1 heterocycles. The van der Waals surface area contributed by atoms with E-state index >= 15 is 0 Å². The van der Waals surface area contributed by atoms with Crippen LogP contribution in [0, 0.1) is 10.8 Å². The van der Waals surface area contributed by atoms with Crippen LogP contribution in [0.4, 0.5) is 0 Å². The highest BCUT2D eigenvalue weighted by Gasteiger charge is 2.65. The maximum atomic E-state index is 12.5. The van der Waals surface area contributed by atoms with Gasteiger partial charge in [-0.15, -0.1) is 0 Å². The first-order valence-corrected chi connectivity index (χ1v) is 7.74. The number of carbonyl (C=O) groups excluding carboxylic acids is 1. The van der Waals surface area contributed by atoms with Crippen LogP contribution in [-0.4, -0.2) is 16.9 Å². The number of hydrogen-bond acceptors (Lipinski definition) is 2. The van der Waals surface area contributed by atoms with Gasteiger partial charge in [-0.25, -0.2) is 4.98 Å². The maximum Gasteiger partial charge on any atom is 0.251 e. The van der Waals surface area contributed by atoms with Gasteiger partial charge in [-0.05, 0) is 23.0 Å². The lowest BCUT2D eigenvalue weighted by molar-refractivity contribution is 0.0943. The van der Waals surface area contributed by atoms with Gasteiger partial charge in [-0.2, -0.15) is 0 Å². The average Bonchev–Trinajstić information content (AvgIpc) is 2.69. The second kappa shape index (κ2) is 4.70. The summed E-state index contributed by atoms with van der Waals surface area (Å²) in [4.78, 5) is 16.8. The van der Waals surface area contributed by atoms with Gasteiger partial charge in [0.1, 0.15) is 5.15 Å². The van der Waals surface area contributed by atoms with Crippen LogP contribution in [0.1, 0.15) is 64.5 Å². The molecule has 1 aliphatic rings. The van der Waals surface area contributed by atoms with Gasteiger partial charge in [0.15, 0.2) is 0 Å². The number of carbonyl (C=O) groups is 1. The molecule has 0 atom stereocenters. The van der Waals surface area contributed by atoms with E-state index in [1.807, 2.05) is 6.07 Å². The summed E-state index contributed by atoms with van der Waals surface area (Å²) in [5, 5.41) is 3.49. The van der Waals surface area contributed by atoms with E-state index in [2.05, 4.69) is 58.8 Å². The van der Waals surface area contributed by atoms with Crippen LogP contribution < -0.4 is 5.32 Å². The molecule has 116 valence electrons. The zero-order valence-corrected chi connectivity index (χ0v) is 14.7. The summed E-state index contributed by atoms with van der Waals surface area (Å²) in [5.74, 6) is -0.0755. The van der Waals surface area contributed by atoms with Crippen molar-refractivity contribution < 1.29 is 4.79 Å². The van der Waals surface area contributed by atoms with Crippen molar-refractivity contribution in [3.63, 3.8) is 0 Å². The average molecular weight is 309 g/mol. The largest absolute Gasteiger partial charge is 0.348 e. The third-order valence-electron chi connectivity index (χ3n) is 5.12. The summed E-state index contributed by atoms with van der Waals surface area (Å²) in [6, 6.07) is 3.65. The summed E-state index contributed by atoms with van der Waals surface area (Å²) < 4.78 is 0. The van der Waals surface area contributed by atoms with Crippen molar-refractivity contribution in [3.8, 4) is 0 Å². The molecule has 1 amide bonds. The first-order chi connectivity index (χ1) is 9.37. The van der Waals surface area contributed by atoms with Crippen molar-refractivity contribution >= 4 is 17.5 Å². The standard InChI is InChI=1S/C17H25ClN2O/c1-15(2,3)11-8-10(9-12(18)19-11)13(21)20-14-16(4,5)17(14,6)7/h8-9,14H,1-7H3,(H,20,21). The fourth-order valence-electron chi connectivity index (χ4n) is 2.78. The first kappa shape index (κ1) is 16.3. The Morgan fingerprint density at radius 3 is 2.14 bits per heavy atom. The zero-order valence-electron chi connectivity index (χ0n) is 14.0. The Morgan fingerprint density at radius 1 is 1.19 bits per heavy atom. The minimum absolute atomic E-state index is 0.0755. The highest BCUT2D eigenvalue weighted by molar-refractivity contribution is 6.29. The Morgan fingerprint density at radius 2 is 1.71 bits per heavy atom. The number of pyridine rings is 1. The molecule has 21 heavy (non-hydrogen) atoms. The van der Waals surface area contributed by atoms with Crippen molar-refractivity contribution in [2.75, 3.05) is 0 Å². The lowest BCUT2D eigenvalue weighted by atomic mass is 9.91. The Kier molecular flexibility index (Phi) is 3.65. The van der Waals surface area contributed by atoms with Crippen molar-refractivity contribution in [1.82, 2.24) is 10.3 Å². The fraction of sp³-hybridized carbons (Fsp3) is 0.647. The highest BCUT2D eigenvalue weighted by Crippen LogP contribution is 2.62. The van der Waals surface area contributed by atoms with E-state index in [9.17, 15) is 4.79 Å². The predicted molar refractivity (Wildman–Crippen MR) is 86.8 cm³/mol. The zero-order chi connectivity index (χ0) is 16.2. The van der Waals surface area contributed by atoms with Crippen LogP contribution >= 0.6 is 11.6 Å². The summed E-state index contributed by atoms with van der Waals surface area (Å²) in [6.45, 7) is 14.9. The molecular weight excluding hydrogens is 284 g/mol. The highest BCUT2D eigenvalue weighted by atomic mass is 35.5. The topological polar surface area (TPSA) is 42.0 Å². The van der Waals surface area contributed by atoms with Gasteiger partial charge in [-0.3, -0.25) is 4.79 Å². The Labute approximate surface area is 132 Å². The maximum absolute atomic E-state index is 12.5. The summed E-state index contributed by atoms with van der Waals surface area (Å²) in [5.41, 5.74) is 1.50. The molecule has 1 aromatic rings. The van der Waals surface area contributed by atoms with Gasteiger partial charge in [0, 0.05) is 22.7 Å². The Hall–Kier alpha value is -1.09. The minimum atomic E-state index is -0.141. The Balaban J connectivity index is 2.24. The van der Waals surface area contributed by atoms with Crippen LogP contribution in [0.2, 0.25) is 5.15 Å². The van der Waals surface area contributed by atoms with Crippen LogP contribution in [-0.2, 0) is 5.41 Å². The monoisotopic (exact) mass is 308 g/mol. The molecular formula is C17H25ClN2O. The molecule has 0 saturated heterocycles. The van der Waals surface area contributed by atoms with E-state index in [0.29, 0.717) is 10.7 Å². The second-order valence-electron chi connectivity index (χ2n) is 8.16. The van der Waals surface area contributed by atoms with E-state index in [4.69, 9.17) is 11.6 Å². The third-order valence-corrected chi connectivity index (χ3v) is 5.31. The van der Waals surface area contributed by atoms with E-state index in [1.54, 1.807) is 6.07 Å². The van der Waals surface area contributed by atoms with E-state index in [0.717, 1.165) is 5.69 Å². The first-order valence-electron chi connectivity index (χ1n) is 7.36. The molecule has 2 rings (SSSR count). The number of nitrogens with one attached hydrogen (secondary N) is 1. The second-order valence-corrected chi connectivity index (χ2v) is 8.55. The van der Waals surface area contributed by atoms with Crippen LogP contribution in [0.15, 0.2) is 12.1 Å². The molecule has 0 aromatic carbocycles. The quantitative estimate of drug-likeness (QED) is 0.832. The van der Waals surface area contributed by atoms with Gasteiger partial charge in [0.2, 0.25) is 0 Å². The van der Waals surface area contributed by atoms with E-state index < -0.39 is 0 Å². The number of halogens is 1. The van der Waals surface area contributed by atoms with Crippen LogP contribution in [0.25, 0.3) is 0 Å². The van der Waals surface area contributed by atoms with Crippen molar-refractivity contribution in [1.29, 1.82) is 0 Å². The van der Waals surface area contributed by atoms with Crippen LogP contribution in [0.5, 0.6) is 0 Å². The smallest absolute Gasteiger partial charge is 0.251 e. The molecule has 1 N–H and O–H groups in total. The number of amides is 1. The lowest BCUT2D eigenvalue weighted by Gasteiger charge is -2.19. The predicted octanol–water partition coefficient (Wildman–Crippen LogP) is 4.20. The van der Waals surface area contributed by atoms with Crippen molar-refractivity contribution in [2.45, 2.75) is 59.9 Å². The molecule has 0 unspecified atom stereocenters. The molecule has 1 saturated carbocycles. The molecule has 3 nitrogen and oxygen atoms in total. The molecule has 4 heteroatoms. The molecule has 0 radical (unpaired) electrons. The number of hydrogen-bond donors (Lipinski definition) is 1. The third kappa shape index (κ3) is 2.80. The molecule has 1 fully saturated rings. The van der Waals surface area contributed by atoms with E-state index in [-0.39, 0.29) is 28.2 Å². The molecule has 1 aliphatic carbocycles. The normalized spacial score (nSPS) is 20.2. The Bertz CT molecular complexity index is 571. The number of rotatable bonds is 2. The van der Waals surface area contributed by atoms with Gasteiger partial charge < -0.3 is 5.32 Å². The number of aromatic nitrogens is 1. The number of nitrogens with zero attached hydrogens (tertiary/aromatic N) is 1. The molecule has 1 aromatic heterocycles. The van der Waals surface area contributed by atoms with Gasteiger partial charge >= 0.3 is 0 Å². The fourth-order valence-corrected chi connectivity index (χ4v) is 2.99. The SMILES string of the molecule is CC(C)(C)c1cc(C(=O)NC2C(C)(C)C2(C)C)cc(Cl)n1. The lowest BCUT2D eigenvalue weighted by Crippen LogP contribution is -2.30. The van der Waals surface area contributed by atoms with Gasteiger partial charge in [0.05, 0.1) is 0 Å². The summed E-state index contributed by atoms with van der Waals surface area (Å²) in [6.07, 6.45) is 0. The molecule has 0 bridgehead atoms. The van der Waals surface area contributed by atoms with Crippen molar-refractivity contribution in [2.24, 2.45) is 10.8 Å². The van der Waals surface area contributed by atoms with Gasteiger partial charge in [0.25, 0.3) is 5.91 Å². The summed E-state index contributed by atoms with van der Waals surface area (Å²) >= 11 is 6.07. The molecule has 0 aliphatic heterocycles.